The Bertz CT molecular complexity index is 730. The van der Waals surface area contributed by atoms with Crippen LogP contribution in [0.2, 0.25) is 0 Å². The van der Waals surface area contributed by atoms with Gasteiger partial charge in [0.25, 0.3) is 0 Å². The van der Waals surface area contributed by atoms with Crippen molar-refractivity contribution in [1.29, 1.82) is 0 Å². The van der Waals surface area contributed by atoms with Crippen LogP contribution in [-0.2, 0) is 16.6 Å². The second-order valence-corrected chi connectivity index (χ2v) is 8.08. The van der Waals surface area contributed by atoms with Gasteiger partial charge < -0.3 is 5.73 Å². The van der Waals surface area contributed by atoms with Crippen LogP contribution in [-0.4, -0.2) is 13.4 Å². The van der Waals surface area contributed by atoms with E-state index in [0.717, 1.165) is 15.0 Å². The highest BCUT2D eigenvalue weighted by Gasteiger charge is 2.23. The van der Waals surface area contributed by atoms with Crippen LogP contribution in [0.4, 0.5) is 0 Å². The molecule has 0 radical (unpaired) electrons. The van der Waals surface area contributed by atoms with E-state index in [2.05, 4.69) is 25.6 Å². The predicted molar refractivity (Wildman–Crippen MR) is 87.6 cm³/mol. The molecule has 0 saturated carbocycles. The monoisotopic (exact) mass is 389 g/mol. The van der Waals surface area contributed by atoms with Gasteiger partial charge in [-0.25, -0.2) is 18.1 Å². The maximum absolute atomic E-state index is 12.6. The maximum Gasteiger partial charge on any atom is 0.241 e. The highest BCUT2D eigenvalue weighted by atomic mass is 79.9. The normalized spacial score (nSPS) is 13.3. The van der Waals surface area contributed by atoms with Gasteiger partial charge in [-0.15, -0.1) is 11.3 Å². The average Bonchev–Trinajstić information content (AvgIpc) is 2.95. The highest BCUT2D eigenvalue weighted by Crippen LogP contribution is 2.27. The van der Waals surface area contributed by atoms with Crippen LogP contribution in [0.5, 0.6) is 0 Å². The summed E-state index contributed by atoms with van der Waals surface area (Å²) in [6.45, 7) is 3.81. The molecule has 0 aliphatic heterocycles. The molecule has 8 heteroatoms. The third-order valence-electron chi connectivity index (χ3n) is 3.04. The molecule has 0 amide bonds. The minimum Gasteiger partial charge on any atom is -0.326 e. The Hall–Kier alpha value is -0.800. The zero-order valence-corrected chi connectivity index (χ0v) is 14.8. The van der Waals surface area contributed by atoms with E-state index in [4.69, 9.17) is 5.73 Å². The van der Waals surface area contributed by atoms with E-state index >= 15 is 0 Å². The van der Waals surface area contributed by atoms with Gasteiger partial charge in [0.15, 0.2) is 0 Å². The molecule has 0 aliphatic rings. The molecule has 2 rings (SSSR count). The minimum atomic E-state index is -3.64. The molecular weight excluding hydrogens is 374 g/mol. The zero-order chi connectivity index (χ0) is 15.6. The molecule has 1 unspecified atom stereocenters. The third-order valence-corrected chi connectivity index (χ3v) is 6.48. The van der Waals surface area contributed by atoms with Gasteiger partial charge in [-0.2, -0.15) is 0 Å². The molecule has 114 valence electrons. The lowest BCUT2D eigenvalue weighted by Crippen LogP contribution is -2.27. The van der Waals surface area contributed by atoms with Crippen molar-refractivity contribution in [3.05, 3.63) is 44.3 Å². The first-order valence-corrected chi connectivity index (χ1v) is 9.41. The Labute approximate surface area is 136 Å². The fourth-order valence-electron chi connectivity index (χ4n) is 1.90. The van der Waals surface area contributed by atoms with Gasteiger partial charge in [0.2, 0.25) is 10.0 Å². The van der Waals surface area contributed by atoms with Crippen molar-refractivity contribution in [2.24, 2.45) is 5.73 Å². The van der Waals surface area contributed by atoms with Crippen LogP contribution in [0.15, 0.2) is 33.1 Å². The largest absolute Gasteiger partial charge is 0.326 e. The van der Waals surface area contributed by atoms with Gasteiger partial charge in [0.1, 0.15) is 5.01 Å². The van der Waals surface area contributed by atoms with Crippen molar-refractivity contribution in [3.8, 4) is 0 Å². The molecule has 21 heavy (non-hydrogen) atoms. The first-order chi connectivity index (χ1) is 9.85. The zero-order valence-electron chi connectivity index (χ0n) is 11.6. The standard InChI is InChI=1S/C13H16BrN3O2S2/c1-8-11(14)5-10(7-15)6-12(8)21(18,19)17-9(2)13-16-3-4-20-13/h3-6,9,17H,7,15H2,1-2H3. The third kappa shape index (κ3) is 3.70. The summed E-state index contributed by atoms with van der Waals surface area (Å²) in [4.78, 5) is 4.37. The summed E-state index contributed by atoms with van der Waals surface area (Å²) in [7, 11) is -3.64. The molecule has 0 fully saturated rings. The van der Waals surface area contributed by atoms with E-state index in [0.29, 0.717) is 5.56 Å². The number of nitrogens with one attached hydrogen (secondary N) is 1. The molecule has 0 saturated heterocycles. The van der Waals surface area contributed by atoms with Gasteiger partial charge in [-0.3, -0.25) is 0 Å². The number of rotatable bonds is 5. The molecule has 3 N–H and O–H groups in total. The number of thiazole rings is 1. The number of aromatic nitrogens is 1. The second kappa shape index (κ2) is 6.53. The fraction of sp³-hybridized carbons (Fsp3) is 0.308. The molecule has 5 nitrogen and oxygen atoms in total. The van der Waals surface area contributed by atoms with Gasteiger partial charge in [0, 0.05) is 22.6 Å². The topological polar surface area (TPSA) is 85.1 Å². The predicted octanol–water partition coefficient (Wildman–Crippen LogP) is 2.71. The summed E-state index contributed by atoms with van der Waals surface area (Å²) in [5, 5.41) is 2.54. The van der Waals surface area contributed by atoms with Crippen LogP contribution in [0, 0.1) is 6.92 Å². The van der Waals surface area contributed by atoms with E-state index < -0.39 is 10.0 Å². The Morgan fingerprint density at radius 1 is 1.48 bits per heavy atom. The van der Waals surface area contributed by atoms with E-state index in [1.807, 2.05) is 11.4 Å². The van der Waals surface area contributed by atoms with E-state index in [9.17, 15) is 8.42 Å². The smallest absolute Gasteiger partial charge is 0.241 e. The number of sulfonamides is 1. The summed E-state index contributed by atoms with van der Waals surface area (Å²) < 4.78 is 28.5. The summed E-state index contributed by atoms with van der Waals surface area (Å²) in [5.41, 5.74) is 7.03. The maximum atomic E-state index is 12.6. The molecule has 1 atom stereocenters. The number of hydrogen-bond donors (Lipinski definition) is 2. The summed E-state index contributed by atoms with van der Waals surface area (Å²) in [5.74, 6) is 0. The van der Waals surface area contributed by atoms with Crippen LogP contribution < -0.4 is 10.5 Å². The fourth-order valence-corrected chi connectivity index (χ4v) is 4.78. The highest BCUT2D eigenvalue weighted by molar-refractivity contribution is 9.10. The number of nitrogens with two attached hydrogens (primary N) is 1. The molecule has 0 spiro atoms. The molecule has 2 aromatic rings. The van der Waals surface area contributed by atoms with E-state index in [-0.39, 0.29) is 17.5 Å². The van der Waals surface area contributed by atoms with Crippen LogP contribution in [0.25, 0.3) is 0 Å². The van der Waals surface area contributed by atoms with Crippen LogP contribution in [0.1, 0.15) is 29.1 Å². The van der Waals surface area contributed by atoms with Crippen molar-refractivity contribution < 1.29 is 8.42 Å². The lowest BCUT2D eigenvalue weighted by Gasteiger charge is -2.15. The number of nitrogens with zero attached hydrogens (tertiary/aromatic N) is 1. The summed E-state index contributed by atoms with van der Waals surface area (Å²) >= 11 is 4.79. The molecule has 1 aromatic carbocycles. The molecule has 1 aromatic heterocycles. The molecule has 0 bridgehead atoms. The van der Waals surface area contributed by atoms with Crippen LogP contribution >= 0.6 is 27.3 Å². The first kappa shape index (κ1) is 16.6. The van der Waals surface area contributed by atoms with Crippen molar-refractivity contribution in [3.63, 3.8) is 0 Å². The number of benzene rings is 1. The Morgan fingerprint density at radius 2 is 2.19 bits per heavy atom. The van der Waals surface area contributed by atoms with Crippen molar-refractivity contribution >= 4 is 37.3 Å². The Kier molecular flexibility index (Phi) is 5.15. The molecular formula is C13H16BrN3O2S2. The van der Waals surface area contributed by atoms with Crippen molar-refractivity contribution in [2.75, 3.05) is 0 Å². The SMILES string of the molecule is Cc1c(Br)cc(CN)cc1S(=O)(=O)NC(C)c1nccs1. The molecule has 0 aliphatic carbocycles. The first-order valence-electron chi connectivity index (χ1n) is 6.26. The summed E-state index contributed by atoms with van der Waals surface area (Å²) in [6.07, 6.45) is 1.65. The van der Waals surface area contributed by atoms with Gasteiger partial charge in [-0.05, 0) is 37.1 Å². The second-order valence-electron chi connectivity index (χ2n) is 4.62. The summed E-state index contributed by atoms with van der Waals surface area (Å²) in [6, 6.07) is 3.06. The van der Waals surface area contributed by atoms with Gasteiger partial charge in [0.05, 0.1) is 10.9 Å². The van der Waals surface area contributed by atoms with E-state index in [1.54, 1.807) is 26.1 Å². The Balaban J connectivity index is 2.38. The van der Waals surface area contributed by atoms with Gasteiger partial charge >= 0.3 is 0 Å². The van der Waals surface area contributed by atoms with Crippen molar-refractivity contribution in [2.45, 2.75) is 31.3 Å². The minimum absolute atomic E-state index is 0.237. The van der Waals surface area contributed by atoms with Crippen molar-refractivity contribution in [1.82, 2.24) is 9.71 Å². The van der Waals surface area contributed by atoms with Crippen LogP contribution in [0.3, 0.4) is 0 Å². The lowest BCUT2D eigenvalue weighted by atomic mass is 10.1. The lowest BCUT2D eigenvalue weighted by molar-refractivity contribution is 0.565. The molecule has 1 heterocycles. The number of halogens is 1. The average molecular weight is 390 g/mol. The Morgan fingerprint density at radius 3 is 2.76 bits per heavy atom. The number of hydrogen-bond acceptors (Lipinski definition) is 5. The van der Waals surface area contributed by atoms with Gasteiger partial charge in [-0.1, -0.05) is 15.9 Å². The van der Waals surface area contributed by atoms with E-state index in [1.165, 1.54) is 11.3 Å². The quantitative estimate of drug-likeness (QED) is 0.822.